The van der Waals surface area contributed by atoms with Gasteiger partial charge in [-0.15, -0.1) is 0 Å². The van der Waals surface area contributed by atoms with Gasteiger partial charge in [-0.25, -0.2) is 9.97 Å². The molecule has 0 fully saturated rings. The van der Waals surface area contributed by atoms with Gasteiger partial charge in [-0.2, -0.15) is 5.26 Å². The molecule has 0 aliphatic carbocycles. The second kappa shape index (κ2) is 12.7. The van der Waals surface area contributed by atoms with E-state index < -0.39 is 0 Å². The van der Waals surface area contributed by atoms with Crippen molar-refractivity contribution >= 4 is 21.9 Å². The van der Waals surface area contributed by atoms with E-state index >= 15 is 0 Å². The lowest BCUT2D eigenvalue weighted by atomic mass is 9.93. The molecule has 7 aromatic carbocycles. The quantitative estimate of drug-likeness (QED) is 0.179. The van der Waals surface area contributed by atoms with Gasteiger partial charge in [-0.05, 0) is 88.0 Å². The van der Waals surface area contributed by atoms with Crippen LogP contribution in [-0.2, 0) is 0 Å². The number of aromatic nitrogens is 2. The zero-order valence-corrected chi connectivity index (χ0v) is 27.5. The molecule has 0 bridgehead atoms. The number of hydrogen-bond acceptors (Lipinski definition) is 4. The fourth-order valence-corrected chi connectivity index (χ4v) is 6.68. The summed E-state index contributed by atoms with van der Waals surface area (Å²) >= 11 is 0. The highest BCUT2D eigenvalue weighted by Gasteiger charge is 2.15. The first-order valence-corrected chi connectivity index (χ1v) is 16.9. The van der Waals surface area contributed by atoms with Crippen LogP contribution in [0.15, 0.2) is 180 Å². The van der Waals surface area contributed by atoms with Gasteiger partial charge in [0.2, 0.25) is 0 Å². The van der Waals surface area contributed by atoms with E-state index in [-0.39, 0.29) is 0 Å². The van der Waals surface area contributed by atoms with E-state index in [0.717, 1.165) is 72.3 Å². The minimum absolute atomic E-state index is 0.606. The fraction of sp³-hybridized carbons (Fsp3) is 0. The Kier molecular flexibility index (Phi) is 7.50. The van der Waals surface area contributed by atoms with Crippen molar-refractivity contribution in [3.05, 3.63) is 181 Å². The number of benzene rings is 7. The summed E-state index contributed by atoms with van der Waals surface area (Å²) in [5, 5.41) is 11.6. The van der Waals surface area contributed by atoms with Gasteiger partial charge in [0.15, 0.2) is 5.82 Å². The first kappa shape index (κ1) is 30.0. The van der Waals surface area contributed by atoms with Crippen molar-refractivity contribution in [1.29, 1.82) is 5.26 Å². The Morgan fingerprint density at radius 3 is 1.59 bits per heavy atom. The molecular formula is C47H29N3O. The Hall–Kier alpha value is -7.09. The van der Waals surface area contributed by atoms with E-state index in [9.17, 15) is 5.26 Å². The molecule has 2 heterocycles. The Balaban J connectivity index is 1.24. The average molecular weight is 652 g/mol. The number of rotatable bonds is 6. The molecule has 238 valence electrons. The van der Waals surface area contributed by atoms with Crippen LogP contribution in [0.25, 0.3) is 89.2 Å². The molecule has 0 saturated carbocycles. The standard InChI is InChI=1S/C47H29N3O/c48-30-31-15-17-35(18-16-31)43-29-44(50-47(49-43)36-11-5-2-6-12-36)40-26-38(34-21-19-33(20-22-34)32-9-3-1-4-10-32)25-39(27-40)37-23-24-46-42(28-37)41-13-7-8-14-45(41)51-46/h1-29H. The van der Waals surface area contributed by atoms with Crippen molar-refractivity contribution in [1.82, 2.24) is 9.97 Å². The van der Waals surface area contributed by atoms with Crippen LogP contribution >= 0.6 is 0 Å². The van der Waals surface area contributed by atoms with Gasteiger partial charge in [0, 0.05) is 27.5 Å². The van der Waals surface area contributed by atoms with Crippen LogP contribution in [0.5, 0.6) is 0 Å². The number of nitrogens with zero attached hydrogens (tertiary/aromatic N) is 3. The third kappa shape index (κ3) is 5.84. The van der Waals surface area contributed by atoms with Crippen LogP contribution < -0.4 is 0 Å². The monoisotopic (exact) mass is 651 g/mol. The lowest BCUT2D eigenvalue weighted by Crippen LogP contribution is -1.96. The zero-order chi connectivity index (χ0) is 34.1. The minimum Gasteiger partial charge on any atom is -0.456 e. The predicted molar refractivity (Wildman–Crippen MR) is 207 cm³/mol. The highest BCUT2D eigenvalue weighted by Crippen LogP contribution is 2.38. The summed E-state index contributed by atoms with van der Waals surface area (Å²) in [4.78, 5) is 10.2. The summed E-state index contributed by atoms with van der Waals surface area (Å²) < 4.78 is 6.17. The first-order valence-electron chi connectivity index (χ1n) is 16.9. The van der Waals surface area contributed by atoms with Crippen LogP contribution in [0.2, 0.25) is 0 Å². The van der Waals surface area contributed by atoms with Gasteiger partial charge in [0.1, 0.15) is 11.2 Å². The van der Waals surface area contributed by atoms with Crippen molar-refractivity contribution in [2.75, 3.05) is 0 Å². The molecule has 0 N–H and O–H groups in total. The third-order valence-electron chi connectivity index (χ3n) is 9.33. The summed E-state index contributed by atoms with van der Waals surface area (Å²) in [7, 11) is 0. The van der Waals surface area contributed by atoms with Crippen molar-refractivity contribution in [2.24, 2.45) is 0 Å². The van der Waals surface area contributed by atoms with E-state index in [4.69, 9.17) is 14.4 Å². The molecule has 4 nitrogen and oxygen atoms in total. The first-order chi connectivity index (χ1) is 25.2. The number of para-hydroxylation sites is 1. The molecule has 9 rings (SSSR count). The Bertz CT molecular complexity index is 2720. The summed E-state index contributed by atoms with van der Waals surface area (Å²) in [5.41, 5.74) is 13.5. The topological polar surface area (TPSA) is 62.7 Å². The SMILES string of the molecule is N#Cc1ccc(-c2cc(-c3cc(-c4ccc(-c5ccccc5)cc4)cc(-c4ccc5oc6ccccc6c5c4)c3)nc(-c3ccccc3)n2)cc1. The van der Waals surface area contributed by atoms with Crippen molar-refractivity contribution < 1.29 is 4.42 Å². The highest BCUT2D eigenvalue weighted by atomic mass is 16.3. The number of nitriles is 1. The van der Waals surface area contributed by atoms with Crippen LogP contribution in [0.1, 0.15) is 5.56 Å². The van der Waals surface area contributed by atoms with Gasteiger partial charge in [0.05, 0.1) is 23.0 Å². The molecule has 0 radical (unpaired) electrons. The van der Waals surface area contributed by atoms with Gasteiger partial charge in [-0.1, -0.05) is 121 Å². The normalized spacial score (nSPS) is 11.1. The van der Waals surface area contributed by atoms with Gasteiger partial charge in [-0.3, -0.25) is 0 Å². The molecule has 0 aliphatic heterocycles. The molecule has 0 aliphatic rings. The van der Waals surface area contributed by atoms with Crippen molar-refractivity contribution in [3.63, 3.8) is 0 Å². The maximum atomic E-state index is 9.42. The van der Waals surface area contributed by atoms with E-state index in [1.165, 1.54) is 11.1 Å². The molecule has 0 amide bonds. The van der Waals surface area contributed by atoms with E-state index in [1.54, 1.807) is 0 Å². The smallest absolute Gasteiger partial charge is 0.160 e. The van der Waals surface area contributed by atoms with E-state index in [0.29, 0.717) is 11.4 Å². The summed E-state index contributed by atoms with van der Waals surface area (Å²) in [6.07, 6.45) is 0. The summed E-state index contributed by atoms with van der Waals surface area (Å²) in [6, 6.07) is 62.3. The molecule has 0 atom stereocenters. The van der Waals surface area contributed by atoms with Crippen LogP contribution in [-0.4, -0.2) is 9.97 Å². The molecule has 4 heteroatoms. The molecule has 0 saturated heterocycles. The van der Waals surface area contributed by atoms with Gasteiger partial charge >= 0.3 is 0 Å². The molecule has 9 aromatic rings. The molecule has 0 unspecified atom stereocenters. The van der Waals surface area contributed by atoms with Crippen LogP contribution in [0, 0.1) is 11.3 Å². The largest absolute Gasteiger partial charge is 0.456 e. The fourth-order valence-electron chi connectivity index (χ4n) is 6.68. The number of fused-ring (bicyclic) bond motifs is 3. The van der Waals surface area contributed by atoms with Gasteiger partial charge < -0.3 is 4.42 Å². The molecular weight excluding hydrogens is 623 g/mol. The molecule has 2 aromatic heterocycles. The second-order valence-electron chi connectivity index (χ2n) is 12.6. The Morgan fingerprint density at radius 1 is 0.373 bits per heavy atom. The van der Waals surface area contributed by atoms with Crippen molar-refractivity contribution in [3.8, 4) is 73.4 Å². The molecule has 51 heavy (non-hydrogen) atoms. The van der Waals surface area contributed by atoms with E-state index in [1.807, 2.05) is 84.9 Å². The maximum absolute atomic E-state index is 9.42. The summed E-state index contributed by atoms with van der Waals surface area (Å²) in [5.74, 6) is 0.637. The highest BCUT2D eigenvalue weighted by molar-refractivity contribution is 6.06. The van der Waals surface area contributed by atoms with Crippen molar-refractivity contribution in [2.45, 2.75) is 0 Å². The van der Waals surface area contributed by atoms with Crippen LogP contribution in [0.3, 0.4) is 0 Å². The molecule has 0 spiro atoms. The number of hydrogen-bond donors (Lipinski definition) is 0. The Labute approximate surface area is 295 Å². The van der Waals surface area contributed by atoms with E-state index in [2.05, 4.69) is 97.1 Å². The predicted octanol–water partition coefficient (Wildman–Crippen LogP) is 12.2. The third-order valence-corrected chi connectivity index (χ3v) is 9.33. The average Bonchev–Trinajstić information content (AvgIpc) is 3.59. The number of furan rings is 1. The summed E-state index contributed by atoms with van der Waals surface area (Å²) in [6.45, 7) is 0. The zero-order valence-electron chi connectivity index (χ0n) is 27.5. The van der Waals surface area contributed by atoms with Gasteiger partial charge in [0.25, 0.3) is 0 Å². The maximum Gasteiger partial charge on any atom is 0.160 e. The Morgan fingerprint density at radius 2 is 0.882 bits per heavy atom. The minimum atomic E-state index is 0.606. The lowest BCUT2D eigenvalue weighted by Gasteiger charge is -2.14. The lowest BCUT2D eigenvalue weighted by molar-refractivity contribution is 0.669. The van der Waals surface area contributed by atoms with Crippen LogP contribution in [0.4, 0.5) is 0 Å². The second-order valence-corrected chi connectivity index (χ2v) is 12.6.